The maximum absolute atomic E-state index is 10.0. The monoisotopic (exact) mass is 304 g/mol. The van der Waals surface area contributed by atoms with Crippen LogP contribution in [0.4, 0.5) is 0 Å². The van der Waals surface area contributed by atoms with Gasteiger partial charge in [-0.25, -0.2) is 15.0 Å². The molecule has 0 unspecified atom stereocenters. The highest BCUT2D eigenvalue weighted by Crippen LogP contribution is 2.09. The van der Waals surface area contributed by atoms with Crippen LogP contribution in [0, 0.1) is 0 Å². The Labute approximate surface area is 118 Å². The topological polar surface area (TPSA) is 68.6 Å². The number of hydrogen-bond donors (Lipinski definition) is 0. The summed E-state index contributed by atoms with van der Waals surface area (Å²) in [6.07, 6.45) is 6.49. The van der Waals surface area contributed by atoms with Crippen LogP contribution in [0.2, 0.25) is 10.3 Å². The van der Waals surface area contributed by atoms with Crippen LogP contribution in [0.5, 0.6) is 0 Å². The number of hydrogen-bond acceptors (Lipinski definition) is 5. The Morgan fingerprint density at radius 2 is 1.50 bits per heavy atom. The minimum atomic E-state index is 0.146. The number of halogens is 3. The van der Waals surface area contributed by atoms with Gasteiger partial charge in [0.1, 0.15) is 5.69 Å². The van der Waals surface area contributed by atoms with Crippen molar-refractivity contribution in [2.45, 2.75) is 5.88 Å². The fourth-order valence-corrected chi connectivity index (χ4v) is 1.44. The average Bonchev–Trinajstić information content (AvgIpc) is 2.41. The van der Waals surface area contributed by atoms with Gasteiger partial charge in [0.25, 0.3) is 0 Å². The van der Waals surface area contributed by atoms with Crippen LogP contribution in [0.15, 0.2) is 24.8 Å². The summed E-state index contributed by atoms with van der Waals surface area (Å²) in [7, 11) is 0. The van der Waals surface area contributed by atoms with Crippen molar-refractivity contribution in [3.8, 4) is 0 Å². The van der Waals surface area contributed by atoms with Crippen molar-refractivity contribution in [1.29, 1.82) is 0 Å². The number of aldehydes is 1. The van der Waals surface area contributed by atoms with Crippen LogP contribution in [0.25, 0.3) is 0 Å². The van der Waals surface area contributed by atoms with E-state index in [1.54, 1.807) is 6.20 Å². The zero-order chi connectivity index (χ0) is 13.4. The standard InChI is InChI=1S/C5H4Cl2N2.C5H3ClN2O/c6-3-4-5(7)9-2-1-8-4;6-5-4(3-9)7-1-2-8-5/h1-2H,3H2;1-3H. The Hall–Kier alpha value is -1.30. The molecule has 2 aromatic heterocycles. The number of carbonyl (C=O) groups excluding carboxylic acids is 1. The van der Waals surface area contributed by atoms with E-state index in [0.717, 1.165) is 0 Å². The Morgan fingerprint density at radius 3 is 1.89 bits per heavy atom. The van der Waals surface area contributed by atoms with Gasteiger partial charge in [0.05, 0.1) is 11.6 Å². The number of carbonyl (C=O) groups is 1. The molecule has 0 spiro atoms. The summed E-state index contributed by atoms with van der Waals surface area (Å²) >= 11 is 16.4. The molecule has 0 aliphatic heterocycles. The van der Waals surface area contributed by atoms with Gasteiger partial charge in [-0.3, -0.25) is 9.78 Å². The van der Waals surface area contributed by atoms with Gasteiger partial charge < -0.3 is 0 Å². The molecule has 8 heteroatoms. The van der Waals surface area contributed by atoms with E-state index in [-0.39, 0.29) is 10.8 Å². The fraction of sp³-hybridized carbons (Fsp3) is 0.100. The lowest BCUT2D eigenvalue weighted by Crippen LogP contribution is -1.88. The quantitative estimate of drug-likeness (QED) is 0.630. The van der Waals surface area contributed by atoms with Crippen molar-refractivity contribution in [3.05, 3.63) is 46.5 Å². The summed E-state index contributed by atoms with van der Waals surface area (Å²) in [6, 6.07) is 0. The molecule has 0 N–H and O–H groups in total. The van der Waals surface area contributed by atoms with E-state index in [2.05, 4.69) is 19.9 Å². The molecule has 0 fully saturated rings. The van der Waals surface area contributed by atoms with E-state index in [1.807, 2.05) is 0 Å². The smallest absolute Gasteiger partial charge is 0.171 e. The molecule has 0 saturated carbocycles. The van der Waals surface area contributed by atoms with Crippen LogP contribution in [0.1, 0.15) is 16.2 Å². The summed E-state index contributed by atoms with van der Waals surface area (Å²) < 4.78 is 0. The lowest BCUT2D eigenvalue weighted by Gasteiger charge is -1.92. The normalized spacial score (nSPS) is 9.28. The largest absolute Gasteiger partial charge is 0.296 e. The molecular weight excluding hydrogens is 298 g/mol. The van der Waals surface area contributed by atoms with E-state index in [0.29, 0.717) is 23.0 Å². The third-order valence-electron chi connectivity index (χ3n) is 1.64. The minimum Gasteiger partial charge on any atom is -0.296 e. The predicted octanol–water partition coefficient (Wildman–Crippen LogP) is 2.81. The SMILES string of the molecule is ClCc1nccnc1Cl.O=Cc1nccnc1Cl. The third kappa shape index (κ3) is 4.52. The summed E-state index contributed by atoms with van der Waals surface area (Å²) in [5, 5.41) is 0.528. The Bertz CT molecular complexity index is 524. The molecule has 0 atom stereocenters. The molecule has 0 radical (unpaired) electrons. The average molecular weight is 306 g/mol. The minimum absolute atomic E-state index is 0.146. The predicted molar refractivity (Wildman–Crippen MR) is 69.0 cm³/mol. The maximum Gasteiger partial charge on any atom is 0.171 e. The van der Waals surface area contributed by atoms with E-state index in [1.165, 1.54) is 18.6 Å². The first-order valence-electron chi connectivity index (χ1n) is 4.62. The van der Waals surface area contributed by atoms with Crippen LogP contribution >= 0.6 is 34.8 Å². The second kappa shape index (κ2) is 7.92. The van der Waals surface area contributed by atoms with Gasteiger partial charge in [-0.2, -0.15) is 0 Å². The first kappa shape index (κ1) is 14.8. The first-order valence-corrected chi connectivity index (χ1v) is 5.91. The van der Waals surface area contributed by atoms with Crippen molar-refractivity contribution >= 4 is 41.1 Å². The van der Waals surface area contributed by atoms with Crippen molar-refractivity contribution < 1.29 is 4.79 Å². The van der Waals surface area contributed by atoms with E-state index in [9.17, 15) is 4.79 Å². The number of rotatable bonds is 2. The molecule has 2 rings (SSSR count). The van der Waals surface area contributed by atoms with Crippen molar-refractivity contribution in [2.75, 3.05) is 0 Å². The van der Waals surface area contributed by atoms with Gasteiger partial charge in [-0.05, 0) is 0 Å². The molecule has 18 heavy (non-hydrogen) atoms. The van der Waals surface area contributed by atoms with Gasteiger partial charge in [0, 0.05) is 24.8 Å². The summed E-state index contributed by atoms with van der Waals surface area (Å²) in [4.78, 5) is 24.9. The molecular formula is C10H7Cl3N4O. The molecule has 2 heterocycles. The summed E-state index contributed by atoms with van der Waals surface area (Å²) in [5.74, 6) is 0.312. The van der Waals surface area contributed by atoms with E-state index < -0.39 is 0 Å². The second-order valence-corrected chi connectivity index (χ2v) is 3.76. The van der Waals surface area contributed by atoms with E-state index in [4.69, 9.17) is 34.8 Å². The summed E-state index contributed by atoms with van der Waals surface area (Å²) in [5.41, 5.74) is 0.806. The zero-order valence-corrected chi connectivity index (χ0v) is 11.2. The fourth-order valence-electron chi connectivity index (χ4n) is 0.850. The number of nitrogens with zero attached hydrogens (tertiary/aromatic N) is 4. The molecule has 94 valence electrons. The van der Waals surface area contributed by atoms with Gasteiger partial charge in [-0.1, -0.05) is 23.2 Å². The van der Waals surface area contributed by atoms with Crippen molar-refractivity contribution in [1.82, 2.24) is 19.9 Å². The Balaban J connectivity index is 0.000000180. The maximum atomic E-state index is 10.0. The first-order chi connectivity index (χ1) is 8.69. The van der Waals surface area contributed by atoms with Crippen LogP contribution < -0.4 is 0 Å². The zero-order valence-electron chi connectivity index (χ0n) is 8.92. The molecule has 0 aliphatic carbocycles. The highest BCUT2D eigenvalue weighted by atomic mass is 35.5. The molecule has 0 aromatic carbocycles. The number of aromatic nitrogens is 4. The Kier molecular flexibility index (Phi) is 6.49. The van der Waals surface area contributed by atoms with Crippen molar-refractivity contribution in [3.63, 3.8) is 0 Å². The van der Waals surface area contributed by atoms with Gasteiger partial charge in [0.15, 0.2) is 16.6 Å². The molecule has 0 bridgehead atoms. The summed E-state index contributed by atoms with van der Waals surface area (Å²) in [6.45, 7) is 0. The Morgan fingerprint density at radius 1 is 0.944 bits per heavy atom. The highest BCUT2D eigenvalue weighted by molar-refractivity contribution is 6.31. The molecule has 0 amide bonds. The molecule has 2 aromatic rings. The molecule has 0 saturated heterocycles. The van der Waals surface area contributed by atoms with Gasteiger partial charge in [-0.15, -0.1) is 11.6 Å². The highest BCUT2D eigenvalue weighted by Gasteiger charge is 1.97. The lowest BCUT2D eigenvalue weighted by molar-refractivity contribution is 0.111. The van der Waals surface area contributed by atoms with Gasteiger partial charge in [0.2, 0.25) is 0 Å². The van der Waals surface area contributed by atoms with Crippen molar-refractivity contribution in [2.24, 2.45) is 0 Å². The molecule has 0 aliphatic rings. The number of alkyl halides is 1. The van der Waals surface area contributed by atoms with Gasteiger partial charge >= 0.3 is 0 Å². The second-order valence-electron chi connectivity index (χ2n) is 2.78. The van der Waals surface area contributed by atoms with Crippen LogP contribution in [0.3, 0.4) is 0 Å². The lowest BCUT2D eigenvalue weighted by atomic mass is 10.5. The van der Waals surface area contributed by atoms with Crippen LogP contribution in [-0.2, 0) is 5.88 Å². The third-order valence-corrected chi connectivity index (χ3v) is 2.50. The van der Waals surface area contributed by atoms with E-state index >= 15 is 0 Å². The molecule has 5 nitrogen and oxygen atoms in total. The van der Waals surface area contributed by atoms with Crippen LogP contribution in [-0.4, -0.2) is 26.2 Å².